The number of hydrogen-bond donors (Lipinski definition) is 6. The minimum absolute atomic E-state index is 0.321. The lowest BCUT2D eigenvalue weighted by molar-refractivity contribution is 0.286. The van der Waals surface area contributed by atoms with Crippen molar-refractivity contribution in [2.75, 3.05) is 54.7 Å². The lowest BCUT2D eigenvalue weighted by Gasteiger charge is -2.09. The highest BCUT2D eigenvalue weighted by Crippen LogP contribution is 2.22. The van der Waals surface area contributed by atoms with Crippen molar-refractivity contribution in [1.82, 2.24) is 0 Å². The van der Waals surface area contributed by atoms with E-state index in [0.29, 0.717) is 31.1 Å². The number of nitrogens with one attached hydrogen (secondary N) is 2. The summed E-state index contributed by atoms with van der Waals surface area (Å²) >= 11 is 0. The third kappa shape index (κ3) is 33.1. The van der Waals surface area contributed by atoms with Gasteiger partial charge in [0, 0.05) is 45.4 Å². The zero-order valence-electron chi connectivity index (χ0n) is 36.1. The van der Waals surface area contributed by atoms with Crippen LogP contribution in [0.3, 0.4) is 0 Å². The van der Waals surface area contributed by atoms with E-state index in [9.17, 15) is 0 Å². The zero-order valence-corrected chi connectivity index (χ0v) is 39.3. The van der Waals surface area contributed by atoms with Gasteiger partial charge in [-0.2, -0.15) is 0 Å². The van der Waals surface area contributed by atoms with Gasteiger partial charge in [-0.1, -0.05) is 115 Å². The smallest absolute Gasteiger partial charge is 0.114 e. The summed E-state index contributed by atoms with van der Waals surface area (Å²) in [5.41, 5.74) is 20.2. The minimum Gasteiger partial charge on any atom is -0.399 e. The van der Waals surface area contributed by atoms with Gasteiger partial charge < -0.3 is 45.4 Å². The molecule has 0 amide bonds. The van der Waals surface area contributed by atoms with Gasteiger partial charge in [0.25, 0.3) is 0 Å². The van der Waals surface area contributed by atoms with E-state index in [0.717, 1.165) is 93.9 Å². The van der Waals surface area contributed by atoms with E-state index < -0.39 is 0 Å². The van der Waals surface area contributed by atoms with Crippen molar-refractivity contribution in [3.05, 3.63) is 119 Å². The Morgan fingerprint density at radius 1 is 0.466 bits per heavy atom. The van der Waals surface area contributed by atoms with Crippen molar-refractivity contribution in [2.45, 2.75) is 112 Å². The van der Waals surface area contributed by atoms with E-state index in [2.05, 4.69) is 103 Å². The van der Waals surface area contributed by atoms with Gasteiger partial charge in [0.05, 0.1) is 19.8 Å². The molecule has 0 aromatic heterocycles. The SMILES string of the molecule is CCCCO.CCCCO.CCCCOP.CCCCOPNc1ccc(Cc2ccc(NPOCCCC)cc2)cc1.Nc1ccc(Cc2ccc(N)cc2)cc1. The van der Waals surface area contributed by atoms with Gasteiger partial charge in [-0.25, -0.2) is 0 Å². The summed E-state index contributed by atoms with van der Waals surface area (Å²) in [5, 5.41) is 22.8. The van der Waals surface area contributed by atoms with E-state index in [-0.39, 0.29) is 0 Å². The van der Waals surface area contributed by atoms with Crippen molar-refractivity contribution in [3.8, 4) is 0 Å². The molecular weight excluding hydrogens is 781 g/mol. The normalized spacial score (nSPS) is 10.4. The van der Waals surface area contributed by atoms with E-state index in [1.165, 1.54) is 47.9 Å². The van der Waals surface area contributed by atoms with Crippen molar-refractivity contribution >= 4 is 50.1 Å². The van der Waals surface area contributed by atoms with E-state index in [1.807, 2.05) is 48.5 Å². The highest BCUT2D eigenvalue weighted by atomic mass is 31.1. The highest BCUT2D eigenvalue weighted by molar-refractivity contribution is 7.34. The molecule has 58 heavy (non-hydrogen) atoms. The topological polar surface area (TPSA) is 144 Å². The molecule has 0 saturated carbocycles. The number of anilines is 4. The van der Waals surface area contributed by atoms with Crippen molar-refractivity contribution < 1.29 is 23.8 Å². The van der Waals surface area contributed by atoms with Crippen LogP contribution in [-0.4, -0.2) is 43.2 Å². The second-order valence-corrected chi connectivity index (χ2v) is 15.3. The first-order chi connectivity index (χ1) is 28.3. The lowest BCUT2D eigenvalue weighted by atomic mass is 10.0. The molecule has 0 aliphatic rings. The summed E-state index contributed by atoms with van der Waals surface area (Å²) in [4.78, 5) is 0. The predicted octanol–water partition coefficient (Wildman–Crippen LogP) is 12.3. The molecular formula is C46H77N4O5P3. The van der Waals surface area contributed by atoms with Gasteiger partial charge in [-0.05, 0) is 116 Å². The maximum atomic E-state index is 8.07. The van der Waals surface area contributed by atoms with Crippen LogP contribution in [0.2, 0.25) is 0 Å². The van der Waals surface area contributed by atoms with Crippen LogP contribution in [0.5, 0.6) is 0 Å². The largest absolute Gasteiger partial charge is 0.399 e. The number of aliphatic hydroxyl groups excluding tert-OH is 2. The standard InChI is InChI=1S/C21H32N2O2P2.C13H14N2.C4H11OP.2C4H10O/c1-3-5-15-24-26-22-20-11-7-18(8-12-20)17-19-9-13-21(14-10-19)23-27-25-16-6-4-2;14-12-5-1-10(2-6-12)9-11-3-7-13(15)8-4-11;1-2-3-4-5-6;2*1-2-3-4-5/h7-14,22-23,26-27H,3-6,15-17H2,1-2H3;1-8H,9,14-15H2;2-4,6H2,1H3;2*5H,2-4H2,1H3. The summed E-state index contributed by atoms with van der Waals surface area (Å²) in [6.45, 7) is 13.8. The van der Waals surface area contributed by atoms with E-state index in [4.69, 9.17) is 35.3 Å². The Hall–Kier alpha value is -2.83. The molecule has 0 radical (unpaired) electrons. The third-order valence-corrected chi connectivity index (χ3v) is 9.77. The van der Waals surface area contributed by atoms with Gasteiger partial charge in [0.15, 0.2) is 0 Å². The van der Waals surface area contributed by atoms with Crippen LogP contribution in [-0.2, 0) is 26.4 Å². The summed E-state index contributed by atoms with van der Waals surface area (Å²) in [6.07, 6.45) is 12.9. The fraction of sp³-hybridized carbons (Fsp3) is 0.478. The fourth-order valence-corrected chi connectivity index (χ4v) is 5.80. The number of rotatable bonds is 23. The van der Waals surface area contributed by atoms with E-state index >= 15 is 0 Å². The Kier molecular flexibility index (Phi) is 38.9. The maximum absolute atomic E-state index is 8.07. The molecule has 0 aliphatic carbocycles. The summed E-state index contributed by atoms with van der Waals surface area (Å²) in [7, 11) is 2.87. The van der Waals surface area contributed by atoms with Gasteiger partial charge in [0.1, 0.15) is 17.9 Å². The number of nitrogens with two attached hydrogens (primary N) is 2. The lowest BCUT2D eigenvalue weighted by Crippen LogP contribution is -1.92. The zero-order chi connectivity index (χ0) is 42.9. The summed E-state index contributed by atoms with van der Waals surface area (Å²) < 4.78 is 15.8. The number of aliphatic hydroxyl groups is 2. The number of unbranched alkanes of at least 4 members (excludes halogenated alkanes) is 5. The summed E-state index contributed by atoms with van der Waals surface area (Å²) in [5.74, 6) is 0. The van der Waals surface area contributed by atoms with Crippen LogP contribution in [0.25, 0.3) is 0 Å². The fourth-order valence-electron chi connectivity index (χ4n) is 4.42. The Labute approximate surface area is 358 Å². The predicted molar refractivity (Wildman–Crippen MR) is 260 cm³/mol. The molecule has 0 aliphatic heterocycles. The maximum Gasteiger partial charge on any atom is 0.114 e. The number of hydrogen-bond acceptors (Lipinski definition) is 9. The second kappa shape index (κ2) is 40.9. The van der Waals surface area contributed by atoms with Crippen LogP contribution >= 0.6 is 27.4 Å². The third-order valence-electron chi connectivity index (χ3n) is 8.06. The van der Waals surface area contributed by atoms with Crippen molar-refractivity contribution in [3.63, 3.8) is 0 Å². The molecule has 0 saturated heterocycles. The Balaban J connectivity index is 0.000000868. The monoisotopic (exact) mass is 859 g/mol. The molecule has 0 fully saturated rings. The Morgan fingerprint density at radius 2 is 0.759 bits per heavy atom. The molecule has 3 unspecified atom stereocenters. The molecule has 0 spiro atoms. The van der Waals surface area contributed by atoms with Crippen LogP contribution in [0.15, 0.2) is 97.1 Å². The van der Waals surface area contributed by atoms with Crippen LogP contribution < -0.4 is 21.6 Å². The number of benzene rings is 4. The summed E-state index contributed by atoms with van der Waals surface area (Å²) in [6, 6.07) is 33.1. The molecule has 0 bridgehead atoms. The van der Waals surface area contributed by atoms with Crippen LogP contribution in [0.1, 0.15) is 121 Å². The number of nitrogen functional groups attached to an aromatic ring is 2. The first-order valence-electron chi connectivity index (χ1n) is 21.0. The first-order valence-corrected chi connectivity index (χ1v) is 23.2. The Morgan fingerprint density at radius 3 is 1.00 bits per heavy atom. The Bertz CT molecular complexity index is 1320. The van der Waals surface area contributed by atoms with Crippen LogP contribution in [0, 0.1) is 0 Å². The van der Waals surface area contributed by atoms with Crippen LogP contribution in [0.4, 0.5) is 22.7 Å². The molecule has 4 aromatic rings. The van der Waals surface area contributed by atoms with Gasteiger partial charge in [-0.3, -0.25) is 0 Å². The van der Waals surface area contributed by atoms with Crippen molar-refractivity contribution in [1.29, 1.82) is 0 Å². The average Bonchev–Trinajstić information content (AvgIpc) is 3.24. The van der Waals surface area contributed by atoms with Gasteiger partial charge in [-0.15, -0.1) is 0 Å². The minimum atomic E-state index is 0.321. The molecule has 326 valence electrons. The molecule has 0 heterocycles. The quantitative estimate of drug-likeness (QED) is 0.0244. The molecule has 12 heteroatoms. The average molecular weight is 859 g/mol. The molecule has 4 aromatic carbocycles. The van der Waals surface area contributed by atoms with E-state index in [1.54, 1.807) is 0 Å². The molecule has 8 N–H and O–H groups in total. The second-order valence-electron chi connectivity index (χ2n) is 13.5. The highest BCUT2D eigenvalue weighted by Gasteiger charge is 2.00. The first kappa shape index (κ1) is 55.2. The molecule has 9 nitrogen and oxygen atoms in total. The molecule has 3 atom stereocenters. The molecule has 4 rings (SSSR count). The van der Waals surface area contributed by atoms with Crippen molar-refractivity contribution in [2.24, 2.45) is 0 Å². The van der Waals surface area contributed by atoms with Gasteiger partial charge >= 0.3 is 0 Å². The van der Waals surface area contributed by atoms with Gasteiger partial charge in [0.2, 0.25) is 0 Å².